The predicted octanol–water partition coefficient (Wildman–Crippen LogP) is 3.45. The molecule has 2 aromatic carbocycles. The lowest BCUT2D eigenvalue weighted by atomic mass is 10.0. The first-order valence-electron chi connectivity index (χ1n) is 8.15. The molecule has 0 atom stereocenters. The molecule has 1 aliphatic heterocycles. The summed E-state index contributed by atoms with van der Waals surface area (Å²) in [5, 5.41) is 5.38. The maximum atomic E-state index is 13.0. The van der Waals surface area contributed by atoms with Gasteiger partial charge in [0.25, 0.3) is 5.91 Å². The van der Waals surface area contributed by atoms with Gasteiger partial charge in [0.05, 0.1) is 12.2 Å². The van der Waals surface area contributed by atoms with Crippen LogP contribution < -0.4 is 5.32 Å². The second kappa shape index (κ2) is 6.29. The molecule has 4 rings (SSSR count). The van der Waals surface area contributed by atoms with Gasteiger partial charge in [-0.1, -0.05) is 47.7 Å². The first kappa shape index (κ1) is 15.8. The molecule has 2 heterocycles. The number of anilines is 1. The molecule has 6 heteroatoms. The van der Waals surface area contributed by atoms with Gasteiger partial charge in [-0.05, 0) is 16.8 Å². The van der Waals surface area contributed by atoms with Crippen LogP contribution in [0.1, 0.15) is 27.9 Å². The molecule has 0 spiro atoms. The van der Waals surface area contributed by atoms with Crippen molar-refractivity contribution < 1.29 is 9.59 Å². The third-order valence-electron chi connectivity index (χ3n) is 4.32. The fourth-order valence-electron chi connectivity index (χ4n) is 3.16. The zero-order valence-electron chi connectivity index (χ0n) is 13.8. The number of carbonyl (C=O) groups is 2. The van der Waals surface area contributed by atoms with E-state index in [0.717, 1.165) is 26.9 Å². The van der Waals surface area contributed by atoms with Crippen LogP contribution >= 0.6 is 11.3 Å². The maximum absolute atomic E-state index is 13.0. The zero-order chi connectivity index (χ0) is 17.4. The number of aromatic nitrogens is 1. The van der Waals surface area contributed by atoms with Crippen LogP contribution in [-0.4, -0.2) is 28.2 Å². The predicted molar refractivity (Wildman–Crippen MR) is 98.8 cm³/mol. The van der Waals surface area contributed by atoms with Crippen LogP contribution in [0, 0.1) is 0 Å². The molecule has 25 heavy (non-hydrogen) atoms. The number of benzene rings is 2. The Hall–Kier alpha value is -2.73. The summed E-state index contributed by atoms with van der Waals surface area (Å²) in [4.78, 5) is 31.6. The number of thiazole rings is 1. The van der Waals surface area contributed by atoms with Gasteiger partial charge in [-0.15, -0.1) is 0 Å². The number of carbonyl (C=O) groups excluding carboxylic acids is 2. The number of nitrogens with zero attached hydrogens (tertiary/aromatic N) is 2. The number of rotatable bonds is 2. The second-order valence-corrected chi connectivity index (χ2v) is 7.16. The Morgan fingerprint density at radius 2 is 1.96 bits per heavy atom. The minimum atomic E-state index is -0.130. The molecule has 1 aromatic heterocycles. The van der Waals surface area contributed by atoms with Gasteiger partial charge >= 0.3 is 0 Å². The van der Waals surface area contributed by atoms with Crippen LogP contribution in [0.25, 0.3) is 10.8 Å². The van der Waals surface area contributed by atoms with Crippen molar-refractivity contribution in [2.24, 2.45) is 0 Å². The van der Waals surface area contributed by atoms with Crippen molar-refractivity contribution in [2.75, 3.05) is 11.9 Å². The van der Waals surface area contributed by atoms with Crippen molar-refractivity contribution in [3.05, 3.63) is 58.6 Å². The Labute approximate surface area is 149 Å². The van der Waals surface area contributed by atoms with Crippen molar-refractivity contribution in [3.63, 3.8) is 0 Å². The second-order valence-electron chi connectivity index (χ2n) is 6.07. The number of fused-ring (bicyclic) bond motifs is 2. The van der Waals surface area contributed by atoms with Gasteiger partial charge in [0.2, 0.25) is 5.91 Å². The standard InChI is InChI=1S/C19H17N3O2S/c1-12(23)20-19-21-16-9-10-22(11-17(16)25-19)18(24)15-8-4-6-13-5-2-3-7-14(13)15/h2-8H,9-11H2,1H3,(H,20,21,23). The normalized spacial score (nSPS) is 13.6. The zero-order valence-corrected chi connectivity index (χ0v) is 14.6. The van der Waals surface area contributed by atoms with E-state index in [1.165, 1.54) is 18.3 Å². The number of amides is 2. The monoisotopic (exact) mass is 351 g/mol. The van der Waals surface area contributed by atoms with Crippen molar-refractivity contribution in [3.8, 4) is 0 Å². The van der Waals surface area contributed by atoms with E-state index in [4.69, 9.17) is 0 Å². The number of hydrogen-bond acceptors (Lipinski definition) is 4. The summed E-state index contributed by atoms with van der Waals surface area (Å²) >= 11 is 1.45. The maximum Gasteiger partial charge on any atom is 0.254 e. The molecular weight excluding hydrogens is 334 g/mol. The highest BCUT2D eigenvalue weighted by Gasteiger charge is 2.25. The largest absolute Gasteiger partial charge is 0.333 e. The molecule has 0 bridgehead atoms. The summed E-state index contributed by atoms with van der Waals surface area (Å²) in [7, 11) is 0. The molecule has 126 valence electrons. The van der Waals surface area contributed by atoms with Gasteiger partial charge in [0.15, 0.2) is 5.13 Å². The van der Waals surface area contributed by atoms with E-state index in [2.05, 4.69) is 10.3 Å². The number of hydrogen-bond donors (Lipinski definition) is 1. The van der Waals surface area contributed by atoms with Crippen LogP contribution in [0.2, 0.25) is 0 Å². The quantitative estimate of drug-likeness (QED) is 0.769. The van der Waals surface area contributed by atoms with Gasteiger partial charge < -0.3 is 10.2 Å². The Balaban J connectivity index is 1.61. The van der Waals surface area contributed by atoms with Crippen LogP contribution in [0.15, 0.2) is 42.5 Å². The average Bonchev–Trinajstić information content (AvgIpc) is 3.01. The van der Waals surface area contributed by atoms with E-state index >= 15 is 0 Å². The highest BCUT2D eigenvalue weighted by atomic mass is 32.1. The molecule has 2 amide bonds. The lowest BCUT2D eigenvalue weighted by Gasteiger charge is -2.26. The third-order valence-corrected chi connectivity index (χ3v) is 5.32. The fourth-order valence-corrected chi connectivity index (χ4v) is 4.23. The summed E-state index contributed by atoms with van der Waals surface area (Å²) < 4.78 is 0. The summed E-state index contributed by atoms with van der Waals surface area (Å²) in [5.41, 5.74) is 1.71. The molecule has 3 aromatic rings. The van der Waals surface area contributed by atoms with E-state index in [0.29, 0.717) is 24.6 Å². The first-order valence-corrected chi connectivity index (χ1v) is 8.96. The molecule has 0 saturated carbocycles. The Morgan fingerprint density at radius 1 is 1.16 bits per heavy atom. The first-order chi connectivity index (χ1) is 12.1. The topological polar surface area (TPSA) is 62.3 Å². The summed E-state index contributed by atoms with van der Waals surface area (Å²) in [5.74, 6) is -0.0910. The van der Waals surface area contributed by atoms with E-state index < -0.39 is 0 Å². The minimum Gasteiger partial charge on any atom is -0.333 e. The van der Waals surface area contributed by atoms with E-state index in [9.17, 15) is 9.59 Å². The van der Waals surface area contributed by atoms with Gasteiger partial charge in [-0.25, -0.2) is 4.98 Å². The van der Waals surface area contributed by atoms with Gasteiger partial charge in [0, 0.05) is 30.3 Å². The van der Waals surface area contributed by atoms with Crippen molar-refractivity contribution in [1.29, 1.82) is 0 Å². The lowest BCUT2D eigenvalue weighted by Crippen LogP contribution is -2.35. The van der Waals surface area contributed by atoms with Gasteiger partial charge in [0.1, 0.15) is 0 Å². The lowest BCUT2D eigenvalue weighted by molar-refractivity contribution is -0.114. The number of nitrogens with one attached hydrogen (secondary N) is 1. The molecule has 0 saturated heterocycles. The average molecular weight is 351 g/mol. The highest BCUT2D eigenvalue weighted by Crippen LogP contribution is 2.30. The van der Waals surface area contributed by atoms with Crippen molar-refractivity contribution in [1.82, 2.24) is 9.88 Å². The summed E-state index contributed by atoms with van der Waals surface area (Å²) in [6.07, 6.45) is 0.710. The molecule has 5 nitrogen and oxygen atoms in total. The SMILES string of the molecule is CC(=O)Nc1nc2c(s1)CN(C(=O)c1cccc3ccccc13)CC2. The molecule has 0 radical (unpaired) electrons. The highest BCUT2D eigenvalue weighted by molar-refractivity contribution is 7.15. The molecule has 0 unspecified atom stereocenters. The smallest absolute Gasteiger partial charge is 0.254 e. The Bertz CT molecular complexity index is 974. The molecule has 1 aliphatic rings. The molecule has 1 N–H and O–H groups in total. The molecule has 0 aliphatic carbocycles. The summed E-state index contributed by atoms with van der Waals surface area (Å²) in [6, 6.07) is 13.8. The van der Waals surface area contributed by atoms with Gasteiger partial charge in [-0.2, -0.15) is 0 Å². The molecular formula is C19H17N3O2S. The van der Waals surface area contributed by atoms with E-state index in [-0.39, 0.29) is 11.8 Å². The third kappa shape index (κ3) is 3.00. The fraction of sp³-hybridized carbons (Fsp3) is 0.211. The van der Waals surface area contributed by atoms with Gasteiger partial charge in [-0.3, -0.25) is 9.59 Å². The Kier molecular flexibility index (Phi) is 3.97. The van der Waals surface area contributed by atoms with Crippen LogP contribution in [0.5, 0.6) is 0 Å². The van der Waals surface area contributed by atoms with Crippen molar-refractivity contribution in [2.45, 2.75) is 19.9 Å². The van der Waals surface area contributed by atoms with E-state index in [1.54, 1.807) is 0 Å². The van der Waals surface area contributed by atoms with Crippen LogP contribution in [0.4, 0.5) is 5.13 Å². The van der Waals surface area contributed by atoms with Crippen LogP contribution in [0.3, 0.4) is 0 Å². The van der Waals surface area contributed by atoms with Crippen molar-refractivity contribution >= 4 is 39.1 Å². The van der Waals surface area contributed by atoms with Crippen LogP contribution in [-0.2, 0) is 17.8 Å². The summed E-state index contributed by atoms with van der Waals surface area (Å²) in [6.45, 7) is 2.64. The van der Waals surface area contributed by atoms with E-state index in [1.807, 2.05) is 47.4 Å². The minimum absolute atomic E-state index is 0.0388. The Morgan fingerprint density at radius 3 is 2.80 bits per heavy atom. The molecule has 0 fully saturated rings.